The van der Waals surface area contributed by atoms with Crippen LogP contribution in [-0.4, -0.2) is 12.4 Å². The van der Waals surface area contributed by atoms with Gasteiger partial charge in [0.2, 0.25) is 0 Å². The molecule has 2 aliphatic carbocycles. The van der Waals surface area contributed by atoms with E-state index < -0.39 is 0 Å². The van der Waals surface area contributed by atoms with Crippen LogP contribution < -0.4 is 4.74 Å². The third-order valence-corrected chi connectivity index (χ3v) is 6.40. The Bertz CT molecular complexity index is 552. The quantitative estimate of drug-likeness (QED) is 0.752. The SMILES string of the molecule is CC1(C)C2CCC1(C)C(Oc1c(Cl)cccc1C=O)C2. The molecule has 0 saturated heterocycles. The zero-order valence-corrected chi connectivity index (χ0v) is 13.0. The first-order valence-electron chi connectivity index (χ1n) is 7.30. The molecule has 2 aliphatic rings. The second kappa shape index (κ2) is 4.49. The van der Waals surface area contributed by atoms with Crippen LogP contribution in [0.2, 0.25) is 5.02 Å². The molecule has 3 atom stereocenters. The Hall–Kier alpha value is -1.02. The minimum atomic E-state index is 0.148. The van der Waals surface area contributed by atoms with Crippen molar-refractivity contribution in [3.05, 3.63) is 28.8 Å². The fourth-order valence-electron chi connectivity index (χ4n) is 4.19. The number of benzene rings is 1. The number of para-hydroxylation sites is 1. The molecular formula is C17H21ClO2. The van der Waals surface area contributed by atoms with Crippen molar-refractivity contribution < 1.29 is 9.53 Å². The van der Waals surface area contributed by atoms with Gasteiger partial charge in [-0.05, 0) is 42.7 Å². The first kappa shape index (κ1) is 13.9. The van der Waals surface area contributed by atoms with Gasteiger partial charge in [-0.2, -0.15) is 0 Å². The number of hydrogen-bond donors (Lipinski definition) is 0. The van der Waals surface area contributed by atoms with Gasteiger partial charge < -0.3 is 4.74 Å². The summed E-state index contributed by atoms with van der Waals surface area (Å²) in [4.78, 5) is 11.2. The van der Waals surface area contributed by atoms with Crippen molar-refractivity contribution in [2.45, 2.75) is 46.1 Å². The van der Waals surface area contributed by atoms with E-state index in [1.54, 1.807) is 18.2 Å². The highest BCUT2D eigenvalue weighted by molar-refractivity contribution is 6.32. The molecule has 3 rings (SSSR count). The van der Waals surface area contributed by atoms with E-state index in [4.69, 9.17) is 16.3 Å². The number of carbonyl (C=O) groups is 1. The lowest BCUT2D eigenvalue weighted by Gasteiger charge is -2.39. The van der Waals surface area contributed by atoms with Crippen LogP contribution in [0.4, 0.5) is 0 Å². The molecule has 0 spiro atoms. The van der Waals surface area contributed by atoms with E-state index in [1.807, 2.05) is 0 Å². The average Bonchev–Trinajstić information content (AvgIpc) is 2.74. The monoisotopic (exact) mass is 292 g/mol. The molecule has 108 valence electrons. The lowest BCUT2D eigenvalue weighted by atomic mass is 9.70. The fraction of sp³-hybridized carbons (Fsp3) is 0.588. The van der Waals surface area contributed by atoms with E-state index in [0.29, 0.717) is 27.7 Å². The average molecular weight is 293 g/mol. The van der Waals surface area contributed by atoms with E-state index in [-0.39, 0.29) is 11.5 Å². The molecule has 3 heteroatoms. The molecule has 1 aromatic rings. The molecule has 0 aliphatic heterocycles. The lowest BCUT2D eigenvalue weighted by Crippen LogP contribution is -2.39. The maximum Gasteiger partial charge on any atom is 0.153 e. The Morgan fingerprint density at radius 1 is 1.35 bits per heavy atom. The number of carbonyl (C=O) groups excluding carboxylic acids is 1. The minimum Gasteiger partial charge on any atom is -0.488 e. The van der Waals surface area contributed by atoms with Gasteiger partial charge in [0.05, 0.1) is 10.6 Å². The summed E-state index contributed by atoms with van der Waals surface area (Å²) in [6.45, 7) is 7.02. The Morgan fingerprint density at radius 2 is 2.10 bits per heavy atom. The van der Waals surface area contributed by atoms with Gasteiger partial charge in [-0.3, -0.25) is 4.79 Å². The van der Waals surface area contributed by atoms with Gasteiger partial charge in [-0.15, -0.1) is 0 Å². The van der Waals surface area contributed by atoms with Crippen LogP contribution >= 0.6 is 11.6 Å². The van der Waals surface area contributed by atoms with E-state index in [0.717, 1.165) is 12.7 Å². The highest BCUT2D eigenvalue weighted by atomic mass is 35.5. The second-order valence-corrected chi connectivity index (χ2v) is 7.40. The molecule has 0 amide bonds. The molecule has 20 heavy (non-hydrogen) atoms. The standard InChI is InChI=1S/C17H21ClO2/c1-16(2)12-7-8-17(16,3)14(9-12)20-15-11(10-19)5-4-6-13(15)18/h4-6,10,12,14H,7-9H2,1-3H3. The Morgan fingerprint density at radius 3 is 2.65 bits per heavy atom. The molecule has 0 radical (unpaired) electrons. The summed E-state index contributed by atoms with van der Waals surface area (Å²) >= 11 is 6.22. The smallest absolute Gasteiger partial charge is 0.153 e. The first-order valence-corrected chi connectivity index (χ1v) is 7.68. The van der Waals surface area contributed by atoms with Crippen molar-refractivity contribution in [3.8, 4) is 5.75 Å². The van der Waals surface area contributed by atoms with Gasteiger partial charge in [-0.25, -0.2) is 0 Å². The molecule has 2 fully saturated rings. The van der Waals surface area contributed by atoms with Crippen LogP contribution in [0.5, 0.6) is 5.75 Å². The number of fused-ring (bicyclic) bond motifs is 2. The number of ether oxygens (including phenoxy) is 1. The molecule has 0 heterocycles. The molecular weight excluding hydrogens is 272 g/mol. The maximum absolute atomic E-state index is 11.2. The van der Waals surface area contributed by atoms with E-state index in [2.05, 4.69) is 20.8 Å². The summed E-state index contributed by atoms with van der Waals surface area (Å²) in [6, 6.07) is 5.32. The van der Waals surface area contributed by atoms with Gasteiger partial charge in [-0.1, -0.05) is 38.4 Å². The molecule has 0 aromatic heterocycles. The predicted octanol–water partition coefficient (Wildman–Crippen LogP) is 4.75. The minimum absolute atomic E-state index is 0.148. The summed E-state index contributed by atoms with van der Waals surface area (Å²) < 4.78 is 6.24. The summed E-state index contributed by atoms with van der Waals surface area (Å²) in [6.07, 6.45) is 4.51. The number of rotatable bonds is 3. The largest absolute Gasteiger partial charge is 0.488 e. The topological polar surface area (TPSA) is 26.3 Å². The molecule has 2 bridgehead atoms. The highest BCUT2D eigenvalue weighted by Crippen LogP contribution is 2.66. The van der Waals surface area contributed by atoms with Crippen molar-refractivity contribution >= 4 is 17.9 Å². The maximum atomic E-state index is 11.2. The molecule has 0 N–H and O–H groups in total. The molecule has 2 saturated carbocycles. The van der Waals surface area contributed by atoms with Crippen LogP contribution in [0.15, 0.2) is 18.2 Å². The van der Waals surface area contributed by atoms with Crippen LogP contribution in [0.3, 0.4) is 0 Å². The van der Waals surface area contributed by atoms with Crippen molar-refractivity contribution in [3.63, 3.8) is 0 Å². The Kier molecular flexibility index (Phi) is 3.13. The summed E-state index contributed by atoms with van der Waals surface area (Å²) in [5, 5.41) is 0.527. The predicted molar refractivity (Wildman–Crippen MR) is 80.5 cm³/mol. The lowest BCUT2D eigenvalue weighted by molar-refractivity contribution is 0.0298. The van der Waals surface area contributed by atoms with Gasteiger partial charge in [0, 0.05) is 5.41 Å². The number of aldehydes is 1. The summed E-state index contributed by atoms with van der Waals surface area (Å²) in [5.41, 5.74) is 0.999. The molecule has 3 unspecified atom stereocenters. The zero-order valence-electron chi connectivity index (χ0n) is 12.3. The van der Waals surface area contributed by atoms with Crippen LogP contribution in [0.1, 0.15) is 50.4 Å². The first-order chi connectivity index (χ1) is 9.40. The van der Waals surface area contributed by atoms with E-state index >= 15 is 0 Å². The fourth-order valence-corrected chi connectivity index (χ4v) is 4.42. The van der Waals surface area contributed by atoms with Crippen molar-refractivity contribution in [2.24, 2.45) is 16.7 Å². The molecule has 1 aromatic carbocycles. The third-order valence-electron chi connectivity index (χ3n) is 6.10. The third kappa shape index (κ3) is 1.74. The number of halogens is 1. The van der Waals surface area contributed by atoms with Gasteiger partial charge >= 0.3 is 0 Å². The summed E-state index contributed by atoms with van der Waals surface area (Å²) in [5.74, 6) is 1.26. The van der Waals surface area contributed by atoms with Crippen LogP contribution in [0, 0.1) is 16.7 Å². The van der Waals surface area contributed by atoms with Crippen LogP contribution in [0.25, 0.3) is 0 Å². The second-order valence-electron chi connectivity index (χ2n) is 6.99. The van der Waals surface area contributed by atoms with Crippen LogP contribution in [-0.2, 0) is 0 Å². The zero-order chi connectivity index (χ0) is 14.5. The Balaban J connectivity index is 1.93. The van der Waals surface area contributed by atoms with Crippen molar-refractivity contribution in [1.29, 1.82) is 0 Å². The van der Waals surface area contributed by atoms with Gasteiger partial charge in [0.15, 0.2) is 6.29 Å². The van der Waals surface area contributed by atoms with Crippen molar-refractivity contribution in [2.75, 3.05) is 0 Å². The molecule has 2 nitrogen and oxygen atoms in total. The normalized spacial score (nSPS) is 34.2. The Labute approximate surface area is 125 Å². The van der Waals surface area contributed by atoms with E-state index in [9.17, 15) is 4.79 Å². The van der Waals surface area contributed by atoms with Gasteiger partial charge in [0.25, 0.3) is 0 Å². The van der Waals surface area contributed by atoms with E-state index in [1.165, 1.54) is 12.8 Å². The van der Waals surface area contributed by atoms with Gasteiger partial charge in [0.1, 0.15) is 11.9 Å². The van der Waals surface area contributed by atoms with Crippen molar-refractivity contribution in [1.82, 2.24) is 0 Å². The highest BCUT2D eigenvalue weighted by Gasteiger charge is 2.62. The summed E-state index contributed by atoms with van der Waals surface area (Å²) in [7, 11) is 0. The number of hydrogen-bond acceptors (Lipinski definition) is 2.